The van der Waals surface area contributed by atoms with E-state index in [-0.39, 0.29) is 67.5 Å². The number of benzene rings is 4. The molecule has 0 saturated carbocycles. The minimum absolute atomic E-state index is 0.0289. The number of hydrogen-bond donors (Lipinski definition) is 1. The highest BCUT2D eigenvalue weighted by molar-refractivity contribution is 7.91. The molecular formula is C46H32Cl4F4N4O7S. The maximum Gasteiger partial charge on any atom is 0.353 e. The van der Waals surface area contributed by atoms with E-state index in [4.69, 9.17) is 55.9 Å². The predicted octanol–water partition coefficient (Wildman–Crippen LogP) is 11.6. The zero-order valence-corrected chi connectivity index (χ0v) is 38.3. The molecule has 0 aliphatic rings. The summed E-state index contributed by atoms with van der Waals surface area (Å²) in [6, 6.07) is 18.9. The van der Waals surface area contributed by atoms with Gasteiger partial charge in [0.2, 0.25) is 11.8 Å². The van der Waals surface area contributed by atoms with Gasteiger partial charge in [0.05, 0.1) is 64.1 Å². The molecule has 0 saturated heterocycles. The Morgan fingerprint density at radius 2 is 1.05 bits per heavy atom. The first-order valence-electron chi connectivity index (χ1n) is 19.1. The van der Waals surface area contributed by atoms with Gasteiger partial charge in [-0.05, 0) is 60.7 Å². The molecule has 340 valence electrons. The second-order valence-corrected chi connectivity index (χ2v) is 18.3. The van der Waals surface area contributed by atoms with E-state index >= 15 is 0 Å². The van der Waals surface area contributed by atoms with Gasteiger partial charge in [-0.3, -0.25) is 4.79 Å². The normalized spacial score (nSPS) is 11.4. The molecule has 4 heterocycles. The fourth-order valence-corrected chi connectivity index (χ4v) is 8.76. The van der Waals surface area contributed by atoms with Gasteiger partial charge in [0.1, 0.15) is 34.7 Å². The smallest absolute Gasteiger partial charge is 0.353 e. The number of nitrogens with zero attached hydrogens (tertiary/aromatic N) is 4. The summed E-state index contributed by atoms with van der Waals surface area (Å²) in [5, 5.41) is 11.8. The molecule has 8 rings (SSSR count). The van der Waals surface area contributed by atoms with E-state index in [1.54, 1.807) is 30.3 Å². The van der Waals surface area contributed by atoms with Crippen LogP contribution >= 0.6 is 46.4 Å². The molecule has 4 aromatic carbocycles. The second-order valence-electron chi connectivity index (χ2n) is 14.6. The number of carbonyl (C=O) groups is 2. The summed E-state index contributed by atoms with van der Waals surface area (Å²) in [4.78, 5) is 34.2. The van der Waals surface area contributed by atoms with Gasteiger partial charge >= 0.3 is 5.97 Å². The molecule has 11 nitrogen and oxygen atoms in total. The average molecular weight is 1000 g/mol. The van der Waals surface area contributed by atoms with Gasteiger partial charge in [-0.1, -0.05) is 58.5 Å². The zero-order valence-electron chi connectivity index (χ0n) is 34.5. The van der Waals surface area contributed by atoms with Crippen molar-refractivity contribution in [1.82, 2.24) is 19.1 Å². The van der Waals surface area contributed by atoms with Crippen LogP contribution in [0.1, 0.15) is 32.1 Å². The number of halogens is 8. The van der Waals surface area contributed by atoms with Gasteiger partial charge < -0.3 is 23.7 Å². The Kier molecular flexibility index (Phi) is 14.0. The summed E-state index contributed by atoms with van der Waals surface area (Å²) in [6.07, 6.45) is 3.95. The Morgan fingerprint density at radius 3 is 1.44 bits per heavy atom. The van der Waals surface area contributed by atoms with Gasteiger partial charge in [-0.15, -0.1) is 0 Å². The summed E-state index contributed by atoms with van der Waals surface area (Å²) < 4.78 is 93.6. The molecule has 20 heteroatoms. The largest absolute Gasteiger partial charge is 0.481 e. The van der Waals surface area contributed by atoms with Crippen molar-refractivity contribution < 1.29 is 50.1 Å². The summed E-state index contributed by atoms with van der Waals surface area (Å²) in [5.41, 5.74) is 2.24. The second kappa shape index (κ2) is 19.4. The third kappa shape index (κ3) is 9.69. The average Bonchev–Trinajstić information content (AvgIpc) is 3.73. The van der Waals surface area contributed by atoms with E-state index in [1.807, 2.05) is 0 Å². The number of ether oxygens (including phenoxy) is 2. The molecule has 0 unspecified atom stereocenters. The molecule has 1 N–H and O–H groups in total. The molecule has 0 aliphatic carbocycles. The number of fused-ring (bicyclic) bond motifs is 2. The van der Waals surface area contributed by atoms with E-state index in [0.29, 0.717) is 44.1 Å². The molecule has 0 spiro atoms. The van der Waals surface area contributed by atoms with Gasteiger partial charge in [0.15, 0.2) is 15.6 Å². The highest BCUT2D eigenvalue weighted by Gasteiger charge is 2.30. The lowest BCUT2D eigenvalue weighted by molar-refractivity contribution is 0.0686. The van der Waals surface area contributed by atoms with E-state index in [1.165, 1.54) is 66.1 Å². The number of carbonyl (C=O) groups excluding carboxylic acids is 1. The first kappa shape index (κ1) is 47.8. The van der Waals surface area contributed by atoms with Crippen molar-refractivity contribution in [2.45, 2.75) is 13.1 Å². The summed E-state index contributed by atoms with van der Waals surface area (Å²) >= 11 is 25.0. The van der Waals surface area contributed by atoms with Crippen LogP contribution in [0.25, 0.3) is 44.1 Å². The maximum absolute atomic E-state index is 14.6. The molecule has 0 amide bonds. The van der Waals surface area contributed by atoms with Crippen molar-refractivity contribution in [2.75, 3.05) is 26.2 Å². The van der Waals surface area contributed by atoms with Crippen LogP contribution in [-0.2, 0) is 22.9 Å². The number of carboxylic acid groups (broad SMARTS) is 1. The number of aromatic carboxylic acids is 1. The number of rotatable bonds is 12. The third-order valence-corrected chi connectivity index (χ3v) is 12.5. The molecular weight excluding hydrogens is 970 g/mol. The van der Waals surface area contributed by atoms with Crippen molar-refractivity contribution in [3.05, 3.63) is 163 Å². The predicted molar refractivity (Wildman–Crippen MR) is 245 cm³/mol. The number of pyridine rings is 2. The fourth-order valence-electron chi connectivity index (χ4n) is 7.51. The Balaban J connectivity index is 0.000000198. The number of aromatic nitrogens is 4. The van der Waals surface area contributed by atoms with Crippen LogP contribution in [0.15, 0.2) is 97.3 Å². The van der Waals surface area contributed by atoms with E-state index in [2.05, 4.69) is 9.97 Å². The summed E-state index contributed by atoms with van der Waals surface area (Å²) in [5.74, 6) is -5.51. The lowest BCUT2D eigenvalue weighted by atomic mass is 10.0. The topological polar surface area (TPSA) is 143 Å². The maximum atomic E-state index is 14.6. The van der Waals surface area contributed by atoms with Crippen LogP contribution in [-0.4, -0.2) is 70.6 Å². The van der Waals surface area contributed by atoms with E-state index in [0.717, 1.165) is 30.5 Å². The van der Waals surface area contributed by atoms with Crippen LogP contribution in [0.5, 0.6) is 11.8 Å². The third-order valence-electron chi connectivity index (χ3n) is 10.2. The van der Waals surface area contributed by atoms with E-state index in [9.17, 15) is 40.7 Å². The van der Waals surface area contributed by atoms with E-state index < -0.39 is 50.6 Å². The molecule has 0 radical (unpaired) electrons. The van der Waals surface area contributed by atoms with Crippen molar-refractivity contribution in [3.8, 4) is 34.0 Å². The SMILES string of the molecule is COc1ncccc1-c1c(C(=O)CS(C)(=O)=O)n(Cc2ccc(F)cc2F)c2cc(Cl)c(Cl)cc12.COc1ncccc1-c1c(C(=O)O)n(Cc2ccc(F)cc2F)c2cc(Cl)c(Cl)cc12. The number of hydrogen-bond acceptors (Lipinski definition) is 8. The molecule has 0 atom stereocenters. The van der Waals surface area contributed by atoms with Crippen molar-refractivity contribution in [1.29, 1.82) is 0 Å². The Labute approximate surface area is 393 Å². The number of Topliss-reactive ketones (excluding diaryl/α,β-unsaturated/α-hetero) is 1. The van der Waals surface area contributed by atoms with Crippen LogP contribution in [0.4, 0.5) is 17.6 Å². The van der Waals surface area contributed by atoms with Crippen molar-refractivity contribution in [3.63, 3.8) is 0 Å². The number of ketones is 1. The van der Waals surface area contributed by atoms with Crippen LogP contribution < -0.4 is 9.47 Å². The minimum atomic E-state index is -3.73. The first-order chi connectivity index (χ1) is 31.3. The summed E-state index contributed by atoms with van der Waals surface area (Å²) in [6.45, 7) is -0.390. The number of methoxy groups -OCH3 is 2. The monoisotopic (exact) mass is 1000 g/mol. The first-order valence-corrected chi connectivity index (χ1v) is 22.7. The fraction of sp³-hybridized carbons (Fsp3) is 0.130. The van der Waals surface area contributed by atoms with Gasteiger partial charge in [0.25, 0.3) is 0 Å². The van der Waals surface area contributed by atoms with Crippen LogP contribution in [0.2, 0.25) is 20.1 Å². The Morgan fingerprint density at radius 1 is 0.636 bits per heavy atom. The van der Waals surface area contributed by atoms with Crippen LogP contribution in [0, 0.1) is 23.3 Å². The highest BCUT2D eigenvalue weighted by atomic mass is 35.5. The molecule has 0 fully saturated rings. The number of sulfone groups is 1. The summed E-state index contributed by atoms with van der Waals surface area (Å²) in [7, 11) is -0.905. The lowest BCUT2D eigenvalue weighted by Crippen LogP contribution is -2.20. The molecule has 4 aromatic heterocycles. The van der Waals surface area contributed by atoms with Gasteiger partial charge in [-0.25, -0.2) is 40.7 Å². The quantitative estimate of drug-likeness (QED) is 0.0935. The lowest BCUT2D eigenvalue weighted by Gasteiger charge is -2.13. The molecule has 0 bridgehead atoms. The minimum Gasteiger partial charge on any atom is -0.481 e. The Hall–Kier alpha value is -6.17. The van der Waals surface area contributed by atoms with Crippen LogP contribution in [0.3, 0.4) is 0 Å². The number of carboxylic acids is 1. The van der Waals surface area contributed by atoms with Gasteiger partial charge in [0, 0.05) is 74.9 Å². The standard InChI is InChI=1S/C24H18Cl2F2N2O4S.C22H14Cl2F2N2O3/c1-34-24-15(4-3-7-29-24)22-16-9-17(25)18(26)10-20(16)30(23(22)21(31)12-35(2,32)33)11-13-5-6-14(27)8-19(13)28;1-31-21-13(3-2-6-27-21)19-14-8-15(23)16(24)9-18(14)28(20(19)22(29)30)10-11-4-5-12(25)7-17(11)26/h3-10H,11-12H2,1-2H3;2-9H,10H2,1H3,(H,29,30). The molecule has 66 heavy (non-hydrogen) atoms. The van der Waals surface area contributed by atoms with Crippen molar-refractivity contribution in [2.24, 2.45) is 0 Å². The zero-order chi connectivity index (χ0) is 47.8. The van der Waals surface area contributed by atoms with Crippen molar-refractivity contribution >= 4 is 89.8 Å². The highest BCUT2D eigenvalue weighted by Crippen LogP contribution is 2.44. The Bertz CT molecular complexity index is 3370. The van der Waals surface area contributed by atoms with Gasteiger partial charge in [-0.2, -0.15) is 0 Å². The molecule has 0 aliphatic heterocycles. The molecule has 8 aromatic rings.